The molecule has 0 atom stereocenters. The van der Waals surface area contributed by atoms with Crippen LogP contribution in [0, 0.1) is 20.8 Å². The number of nitrogens with one attached hydrogen (secondary N) is 1. The maximum atomic E-state index is 13.1. The number of hydrogen-bond donors (Lipinski definition) is 2. The molecule has 1 aromatic rings. The molecule has 0 unspecified atom stereocenters. The normalized spacial score (nSPS) is 15.7. The minimum Gasteiger partial charge on any atom is -0.507 e. The van der Waals surface area contributed by atoms with Gasteiger partial charge < -0.3 is 10.4 Å². The molecule has 0 saturated heterocycles. The lowest BCUT2D eigenvalue weighted by atomic mass is 9.89. The minimum atomic E-state index is -0.0224. The van der Waals surface area contributed by atoms with Gasteiger partial charge in [0.05, 0.1) is 0 Å². The van der Waals surface area contributed by atoms with E-state index in [-0.39, 0.29) is 11.4 Å². The zero-order valence-corrected chi connectivity index (χ0v) is 18.6. The van der Waals surface area contributed by atoms with Gasteiger partial charge >= 0.3 is 0 Å². The van der Waals surface area contributed by atoms with Crippen LogP contribution in [0.5, 0.6) is 5.75 Å². The quantitative estimate of drug-likeness (QED) is 0.406. The van der Waals surface area contributed by atoms with Gasteiger partial charge in [-0.05, 0) is 62.8 Å². The molecular weight excluding hydrogens is 346 g/mol. The van der Waals surface area contributed by atoms with Crippen molar-refractivity contribution in [2.24, 2.45) is 0 Å². The average Bonchev–Trinajstić information content (AvgIpc) is 3.13. The van der Waals surface area contributed by atoms with Crippen molar-refractivity contribution in [1.29, 1.82) is 0 Å². The van der Waals surface area contributed by atoms with Crippen LogP contribution in [0.2, 0.25) is 0 Å². The predicted molar refractivity (Wildman–Crippen MR) is 118 cm³/mol. The third-order valence-corrected chi connectivity index (χ3v) is 6.75. The van der Waals surface area contributed by atoms with E-state index in [0.717, 1.165) is 41.5 Å². The van der Waals surface area contributed by atoms with Crippen molar-refractivity contribution in [3.8, 4) is 5.75 Å². The van der Waals surface area contributed by atoms with Crippen molar-refractivity contribution < 1.29 is 9.90 Å². The number of phenols is 1. The Morgan fingerprint density at radius 1 is 0.964 bits per heavy atom. The fraction of sp³-hybridized carbons (Fsp3) is 0.720. The minimum absolute atomic E-state index is 0.0224. The zero-order valence-electron chi connectivity index (χ0n) is 18.6. The largest absolute Gasteiger partial charge is 0.507 e. The highest BCUT2D eigenvalue weighted by Gasteiger charge is 2.35. The van der Waals surface area contributed by atoms with Crippen LogP contribution >= 0.6 is 0 Å². The summed E-state index contributed by atoms with van der Waals surface area (Å²) in [5, 5.41) is 13.6. The summed E-state index contributed by atoms with van der Waals surface area (Å²) in [5.41, 5.74) is 3.17. The maximum Gasteiger partial charge on any atom is 0.252 e. The lowest BCUT2D eigenvalue weighted by molar-refractivity contribution is 0.0892. The monoisotopic (exact) mass is 387 g/mol. The highest BCUT2D eigenvalue weighted by atomic mass is 16.3. The second-order valence-electron chi connectivity index (χ2n) is 9.01. The molecule has 158 valence electrons. The molecule has 2 N–H and O–H groups in total. The number of amides is 1. The molecular formula is C25H41NO2. The van der Waals surface area contributed by atoms with Crippen LogP contribution in [-0.2, 0) is 0 Å². The summed E-state index contributed by atoms with van der Waals surface area (Å²) in [6, 6.07) is 1.84. The van der Waals surface area contributed by atoms with Crippen LogP contribution in [0.4, 0.5) is 0 Å². The number of carbonyl (C=O) groups excluding carboxylic acids is 1. The third-order valence-electron chi connectivity index (χ3n) is 6.75. The molecule has 1 fully saturated rings. The van der Waals surface area contributed by atoms with Crippen molar-refractivity contribution in [1.82, 2.24) is 5.32 Å². The van der Waals surface area contributed by atoms with Crippen LogP contribution in [0.25, 0.3) is 0 Å². The van der Waals surface area contributed by atoms with Gasteiger partial charge in [-0.3, -0.25) is 4.79 Å². The molecule has 0 aromatic heterocycles. The van der Waals surface area contributed by atoms with E-state index in [9.17, 15) is 9.90 Å². The van der Waals surface area contributed by atoms with E-state index in [0.29, 0.717) is 5.75 Å². The van der Waals surface area contributed by atoms with Gasteiger partial charge in [-0.15, -0.1) is 0 Å². The highest BCUT2D eigenvalue weighted by Crippen LogP contribution is 2.35. The van der Waals surface area contributed by atoms with Gasteiger partial charge in [-0.25, -0.2) is 0 Å². The Hall–Kier alpha value is -1.51. The first-order valence-corrected chi connectivity index (χ1v) is 11.5. The molecule has 1 aliphatic rings. The zero-order chi connectivity index (χ0) is 20.6. The summed E-state index contributed by atoms with van der Waals surface area (Å²) in [4.78, 5) is 13.1. The van der Waals surface area contributed by atoms with Gasteiger partial charge in [0.1, 0.15) is 5.75 Å². The molecule has 3 heteroatoms. The number of aryl methyl sites for hydroxylation is 1. The molecule has 1 amide bonds. The van der Waals surface area contributed by atoms with Crippen LogP contribution in [0.1, 0.15) is 117 Å². The molecule has 1 aromatic carbocycles. The van der Waals surface area contributed by atoms with E-state index in [2.05, 4.69) is 12.2 Å². The standard InChI is InChI=1S/C25H41NO2/c1-5-6-7-8-9-10-11-12-15-25(16-13-14-17-25)26-24(28)22-18-19(2)23(27)21(4)20(22)3/h18,27H,5-17H2,1-4H3,(H,26,28). The van der Waals surface area contributed by atoms with Crippen LogP contribution in [0.15, 0.2) is 6.07 Å². The van der Waals surface area contributed by atoms with E-state index in [1.165, 1.54) is 64.2 Å². The molecule has 3 nitrogen and oxygen atoms in total. The molecule has 0 spiro atoms. The van der Waals surface area contributed by atoms with Gasteiger partial charge in [0, 0.05) is 11.1 Å². The number of rotatable bonds is 11. The van der Waals surface area contributed by atoms with Crippen LogP contribution in [-0.4, -0.2) is 16.6 Å². The fourth-order valence-corrected chi connectivity index (χ4v) is 4.70. The van der Waals surface area contributed by atoms with E-state index >= 15 is 0 Å². The summed E-state index contributed by atoms with van der Waals surface area (Å²) in [5.74, 6) is 0.341. The number of benzene rings is 1. The van der Waals surface area contributed by atoms with Crippen molar-refractivity contribution in [2.45, 2.75) is 117 Å². The number of unbranched alkanes of at least 4 members (excludes halogenated alkanes) is 7. The van der Waals surface area contributed by atoms with Gasteiger partial charge in [-0.2, -0.15) is 0 Å². The maximum absolute atomic E-state index is 13.1. The molecule has 0 bridgehead atoms. The lowest BCUT2D eigenvalue weighted by Gasteiger charge is -2.31. The van der Waals surface area contributed by atoms with E-state index in [4.69, 9.17) is 0 Å². The van der Waals surface area contributed by atoms with Crippen molar-refractivity contribution >= 4 is 5.91 Å². The SMILES string of the molecule is CCCCCCCCCCC1(NC(=O)c2cc(C)c(O)c(C)c2C)CCCC1. The summed E-state index contributed by atoms with van der Waals surface area (Å²) < 4.78 is 0. The second kappa shape index (κ2) is 10.9. The summed E-state index contributed by atoms with van der Waals surface area (Å²) >= 11 is 0. The molecule has 1 saturated carbocycles. The van der Waals surface area contributed by atoms with Crippen LogP contribution < -0.4 is 5.32 Å². The van der Waals surface area contributed by atoms with E-state index < -0.39 is 0 Å². The first kappa shape index (κ1) is 22.8. The topological polar surface area (TPSA) is 49.3 Å². The summed E-state index contributed by atoms with van der Waals surface area (Å²) in [7, 11) is 0. The number of hydrogen-bond acceptors (Lipinski definition) is 2. The molecule has 1 aliphatic carbocycles. The van der Waals surface area contributed by atoms with Gasteiger partial charge in [0.25, 0.3) is 5.91 Å². The van der Waals surface area contributed by atoms with E-state index in [1.807, 2.05) is 26.8 Å². The molecule has 0 radical (unpaired) electrons. The second-order valence-corrected chi connectivity index (χ2v) is 9.01. The Morgan fingerprint density at radius 3 is 2.14 bits per heavy atom. The van der Waals surface area contributed by atoms with Crippen molar-refractivity contribution in [3.05, 3.63) is 28.3 Å². The van der Waals surface area contributed by atoms with Crippen LogP contribution in [0.3, 0.4) is 0 Å². The Balaban J connectivity index is 1.91. The molecule has 2 rings (SSSR count). The Morgan fingerprint density at radius 2 is 1.54 bits per heavy atom. The average molecular weight is 388 g/mol. The number of aromatic hydroxyl groups is 1. The first-order chi connectivity index (χ1) is 13.4. The number of carbonyl (C=O) groups is 1. The summed E-state index contributed by atoms with van der Waals surface area (Å²) in [6.07, 6.45) is 16.3. The Labute approximate surface area is 172 Å². The van der Waals surface area contributed by atoms with Crippen molar-refractivity contribution in [3.63, 3.8) is 0 Å². The molecule has 0 aliphatic heterocycles. The Kier molecular flexibility index (Phi) is 8.85. The van der Waals surface area contributed by atoms with Gasteiger partial charge in [-0.1, -0.05) is 71.1 Å². The Bertz CT molecular complexity index is 644. The smallest absolute Gasteiger partial charge is 0.252 e. The van der Waals surface area contributed by atoms with Gasteiger partial charge in [0.2, 0.25) is 0 Å². The number of phenolic OH excluding ortho intramolecular Hbond substituents is 1. The molecule has 0 heterocycles. The van der Waals surface area contributed by atoms with Gasteiger partial charge in [0.15, 0.2) is 0 Å². The van der Waals surface area contributed by atoms with E-state index in [1.54, 1.807) is 0 Å². The lowest BCUT2D eigenvalue weighted by Crippen LogP contribution is -2.46. The highest BCUT2D eigenvalue weighted by molar-refractivity contribution is 5.97. The third kappa shape index (κ3) is 5.99. The molecule has 28 heavy (non-hydrogen) atoms. The summed E-state index contributed by atoms with van der Waals surface area (Å²) in [6.45, 7) is 7.95. The first-order valence-electron chi connectivity index (χ1n) is 11.5. The fourth-order valence-electron chi connectivity index (χ4n) is 4.70. The van der Waals surface area contributed by atoms with Crippen molar-refractivity contribution in [2.75, 3.05) is 0 Å². The predicted octanol–water partition coefficient (Wildman–Crippen LogP) is 6.89.